The van der Waals surface area contributed by atoms with E-state index in [-0.39, 0.29) is 0 Å². The summed E-state index contributed by atoms with van der Waals surface area (Å²) in [6.45, 7) is 1.99. The number of hydrogen-bond acceptors (Lipinski definition) is 0. The fourth-order valence-corrected chi connectivity index (χ4v) is 1.27. The van der Waals surface area contributed by atoms with Gasteiger partial charge in [-0.3, -0.25) is 0 Å². The number of nitrogens with zero attached hydrogens (tertiary/aromatic N) is 1. The molecule has 0 aromatic heterocycles. The van der Waals surface area contributed by atoms with Gasteiger partial charge in [0, 0.05) is 19.8 Å². The lowest BCUT2D eigenvalue weighted by Crippen LogP contribution is -2.07. The van der Waals surface area contributed by atoms with Crippen molar-refractivity contribution in [1.82, 2.24) is 4.67 Å². The highest BCUT2D eigenvalue weighted by atomic mass is 14.6. The van der Waals surface area contributed by atoms with E-state index in [2.05, 4.69) is 4.67 Å². The van der Waals surface area contributed by atoms with E-state index in [1.54, 1.807) is 0 Å². The summed E-state index contributed by atoms with van der Waals surface area (Å²) in [4.78, 5) is 0. The maximum Gasteiger partial charge on any atom is 0.280 e. The van der Waals surface area contributed by atoms with Crippen molar-refractivity contribution in [2.24, 2.45) is 0 Å². The van der Waals surface area contributed by atoms with Gasteiger partial charge in [-0.1, -0.05) is 6.42 Å². The fraction of sp³-hybridized carbons (Fsp3) is 0.750. The molecule has 0 unspecified atom stereocenters. The Bertz CT molecular complexity index is 133. The van der Waals surface area contributed by atoms with Crippen LogP contribution in [0.25, 0.3) is 0 Å². The van der Waals surface area contributed by atoms with Gasteiger partial charge in [-0.25, -0.2) is 0 Å². The molecule has 0 heterocycles. The molecule has 0 amide bonds. The molecule has 0 saturated heterocycles. The first-order chi connectivity index (χ1) is 4.43. The van der Waals surface area contributed by atoms with Crippen LogP contribution in [-0.2, 0) is 0 Å². The lowest BCUT2D eigenvalue weighted by Gasteiger charge is -2.01. The average Bonchev–Trinajstić information content (AvgIpc) is 1.91. The molecule has 0 radical (unpaired) electrons. The third kappa shape index (κ3) is 2.03. The highest BCUT2D eigenvalue weighted by molar-refractivity contribution is 5.86. The first-order valence-electron chi connectivity index (χ1n) is 3.77. The van der Waals surface area contributed by atoms with Crippen molar-refractivity contribution in [3.8, 4) is 0 Å². The first kappa shape index (κ1) is 6.57. The maximum atomic E-state index is 4.28. The second kappa shape index (κ2) is 3.47. The second-order valence-corrected chi connectivity index (χ2v) is 2.51. The monoisotopic (exact) mass is 124 g/mol. The Morgan fingerprint density at radius 1 is 1.22 bits per heavy atom. The Kier molecular flexibility index (Phi) is 2.53. The summed E-state index contributed by atoms with van der Waals surface area (Å²) in [6, 6.07) is 0. The summed E-state index contributed by atoms with van der Waals surface area (Å²) in [5.41, 5.74) is 1.41. The van der Waals surface area contributed by atoms with E-state index in [1.165, 1.54) is 37.8 Å². The van der Waals surface area contributed by atoms with Crippen LogP contribution < -0.4 is 4.67 Å². The molecule has 1 aliphatic rings. The van der Waals surface area contributed by atoms with Crippen molar-refractivity contribution in [3.05, 3.63) is 0 Å². The summed E-state index contributed by atoms with van der Waals surface area (Å²) in [7, 11) is 0. The van der Waals surface area contributed by atoms with E-state index in [9.17, 15) is 0 Å². The topological polar surface area (TPSA) is 14.1 Å². The molecule has 9 heavy (non-hydrogen) atoms. The van der Waals surface area contributed by atoms with Crippen LogP contribution in [0.2, 0.25) is 0 Å². The summed E-state index contributed by atoms with van der Waals surface area (Å²) >= 11 is 0. The normalized spacial score (nSPS) is 19.0. The molecular weight excluding hydrogens is 110 g/mol. The Morgan fingerprint density at radius 3 is 2.44 bits per heavy atom. The predicted molar refractivity (Wildman–Crippen MR) is 42.0 cm³/mol. The lowest BCUT2D eigenvalue weighted by molar-refractivity contribution is 0.666. The van der Waals surface area contributed by atoms with E-state index in [0.29, 0.717) is 0 Å². The van der Waals surface area contributed by atoms with Gasteiger partial charge in [0.25, 0.3) is 11.9 Å². The molecule has 1 fully saturated rings. The van der Waals surface area contributed by atoms with Crippen LogP contribution in [-0.4, -0.2) is 11.9 Å². The maximum absolute atomic E-state index is 4.28. The molecular formula is C8H14N+. The Hall–Kier alpha value is -0.550. The van der Waals surface area contributed by atoms with Crippen molar-refractivity contribution in [1.29, 1.82) is 0 Å². The predicted octanol–water partition coefficient (Wildman–Crippen LogP) is 1.55. The van der Waals surface area contributed by atoms with Gasteiger partial charge in [-0.2, -0.15) is 0 Å². The van der Waals surface area contributed by atoms with E-state index in [0.717, 1.165) is 0 Å². The molecule has 1 heteroatoms. The zero-order valence-corrected chi connectivity index (χ0v) is 6.06. The molecule has 1 saturated carbocycles. The average molecular weight is 124 g/mol. The number of rotatable bonds is 0. The quantitative estimate of drug-likeness (QED) is 0.343. The van der Waals surface area contributed by atoms with Crippen LogP contribution in [0.5, 0.6) is 0 Å². The van der Waals surface area contributed by atoms with Crippen molar-refractivity contribution < 1.29 is 0 Å². The van der Waals surface area contributed by atoms with Crippen LogP contribution in [0, 0.1) is 0 Å². The minimum atomic E-state index is 1.24. The van der Waals surface area contributed by atoms with Gasteiger partial charge < -0.3 is 0 Å². The molecule has 0 atom stereocenters. The zero-order chi connectivity index (χ0) is 6.53. The Balaban J connectivity index is 2.49. The molecule has 0 aromatic carbocycles. The van der Waals surface area contributed by atoms with Crippen LogP contribution in [0.15, 0.2) is 0 Å². The highest BCUT2D eigenvalue weighted by Gasteiger charge is 2.13. The van der Waals surface area contributed by atoms with Crippen molar-refractivity contribution in [2.45, 2.75) is 39.0 Å². The molecule has 50 valence electrons. The third-order valence-electron chi connectivity index (χ3n) is 1.74. The van der Waals surface area contributed by atoms with Crippen LogP contribution in [0.3, 0.4) is 0 Å². The summed E-state index contributed by atoms with van der Waals surface area (Å²) < 4.78 is 4.28. The lowest BCUT2D eigenvalue weighted by atomic mass is 9.99. The molecule has 0 bridgehead atoms. The minimum Gasteiger partial charge on any atom is -0.107 e. The van der Waals surface area contributed by atoms with Crippen molar-refractivity contribution >= 4 is 11.9 Å². The molecule has 0 aliphatic heterocycles. The van der Waals surface area contributed by atoms with Crippen molar-refractivity contribution in [3.63, 3.8) is 0 Å². The van der Waals surface area contributed by atoms with Gasteiger partial charge in [0.1, 0.15) is 0 Å². The van der Waals surface area contributed by atoms with Crippen molar-refractivity contribution in [2.75, 3.05) is 0 Å². The van der Waals surface area contributed by atoms with E-state index in [1.807, 2.05) is 13.1 Å². The third-order valence-corrected chi connectivity index (χ3v) is 1.74. The Labute approximate surface area is 56.5 Å². The van der Waals surface area contributed by atoms with Crippen LogP contribution in [0.1, 0.15) is 39.0 Å². The van der Waals surface area contributed by atoms with Crippen LogP contribution >= 0.6 is 0 Å². The standard InChI is InChI=1S/C8H14N/c1-2-9-8-6-4-3-5-7-8/h2H,3-7H2,1H3/q+1. The molecule has 1 rings (SSSR count). The molecule has 1 nitrogen and oxygen atoms in total. The molecule has 0 aromatic rings. The van der Waals surface area contributed by atoms with Gasteiger partial charge in [-0.15, -0.1) is 4.67 Å². The van der Waals surface area contributed by atoms with Gasteiger partial charge >= 0.3 is 0 Å². The van der Waals surface area contributed by atoms with Crippen LogP contribution in [0.4, 0.5) is 0 Å². The fourth-order valence-electron chi connectivity index (χ4n) is 1.27. The minimum absolute atomic E-state index is 1.24. The molecule has 0 spiro atoms. The SMILES string of the molecule is CC=[N+]=C1CCCCC1. The Morgan fingerprint density at radius 2 is 1.89 bits per heavy atom. The van der Waals surface area contributed by atoms with E-state index < -0.39 is 0 Å². The summed E-state index contributed by atoms with van der Waals surface area (Å²) in [5, 5.41) is 0. The first-order valence-corrected chi connectivity index (χ1v) is 3.77. The molecule has 1 aliphatic carbocycles. The number of hydrogen-bond donors (Lipinski definition) is 0. The largest absolute Gasteiger partial charge is 0.280 e. The molecule has 0 N–H and O–H groups in total. The smallest absolute Gasteiger partial charge is 0.107 e. The zero-order valence-electron chi connectivity index (χ0n) is 6.06. The second-order valence-electron chi connectivity index (χ2n) is 2.51. The highest BCUT2D eigenvalue weighted by Crippen LogP contribution is 2.12. The van der Waals surface area contributed by atoms with Gasteiger partial charge in [0.05, 0.1) is 0 Å². The van der Waals surface area contributed by atoms with E-state index >= 15 is 0 Å². The summed E-state index contributed by atoms with van der Waals surface area (Å²) in [5.74, 6) is 0. The van der Waals surface area contributed by atoms with Gasteiger partial charge in [-0.05, 0) is 12.8 Å². The van der Waals surface area contributed by atoms with E-state index in [4.69, 9.17) is 0 Å². The summed E-state index contributed by atoms with van der Waals surface area (Å²) in [6.07, 6.45) is 8.50. The van der Waals surface area contributed by atoms with Gasteiger partial charge in [0.2, 0.25) is 0 Å². The van der Waals surface area contributed by atoms with Gasteiger partial charge in [0.15, 0.2) is 0 Å².